The van der Waals surface area contributed by atoms with Crippen LogP contribution in [-0.2, 0) is 14.8 Å². The van der Waals surface area contributed by atoms with E-state index in [1.807, 2.05) is 13.8 Å². The number of carbonyl (C=O) groups excluding carboxylic acids is 1. The molecule has 0 aliphatic heterocycles. The number of hydrogen-bond acceptors (Lipinski definition) is 3. The van der Waals surface area contributed by atoms with Crippen LogP contribution in [0, 0.1) is 0 Å². The van der Waals surface area contributed by atoms with Crippen molar-refractivity contribution in [1.82, 2.24) is 4.90 Å². The second-order valence-corrected chi connectivity index (χ2v) is 8.31. The molecule has 0 saturated carbocycles. The van der Waals surface area contributed by atoms with Crippen LogP contribution in [0.15, 0.2) is 18.2 Å². The van der Waals surface area contributed by atoms with Crippen molar-refractivity contribution in [3.8, 4) is 0 Å². The van der Waals surface area contributed by atoms with Gasteiger partial charge >= 0.3 is 0 Å². The van der Waals surface area contributed by atoms with Crippen LogP contribution in [0.2, 0.25) is 10.0 Å². The van der Waals surface area contributed by atoms with Crippen LogP contribution in [0.1, 0.15) is 33.1 Å². The Morgan fingerprint density at radius 3 is 2.17 bits per heavy atom. The van der Waals surface area contributed by atoms with E-state index in [2.05, 4.69) is 0 Å². The van der Waals surface area contributed by atoms with Gasteiger partial charge in [-0.05, 0) is 31.0 Å². The first-order chi connectivity index (χ1) is 11.2. The van der Waals surface area contributed by atoms with Crippen molar-refractivity contribution in [2.75, 3.05) is 30.2 Å². The number of benzene rings is 1. The zero-order valence-electron chi connectivity index (χ0n) is 14.3. The van der Waals surface area contributed by atoms with Crippen LogP contribution in [0.25, 0.3) is 0 Å². The van der Waals surface area contributed by atoms with Crippen molar-refractivity contribution < 1.29 is 13.2 Å². The number of hydrogen-bond donors (Lipinski definition) is 0. The maximum absolute atomic E-state index is 12.4. The van der Waals surface area contributed by atoms with Gasteiger partial charge in [-0.25, -0.2) is 8.42 Å². The molecule has 1 amide bonds. The third kappa shape index (κ3) is 6.15. The van der Waals surface area contributed by atoms with Crippen molar-refractivity contribution in [3.63, 3.8) is 0 Å². The van der Waals surface area contributed by atoms with Crippen LogP contribution in [-0.4, -0.2) is 45.1 Å². The third-order valence-electron chi connectivity index (χ3n) is 3.45. The average molecular weight is 395 g/mol. The predicted octanol–water partition coefficient (Wildman–Crippen LogP) is 3.80. The molecule has 0 saturated heterocycles. The molecule has 1 aromatic rings. The summed E-state index contributed by atoms with van der Waals surface area (Å²) in [6, 6.07) is 4.62. The molecule has 0 unspecified atom stereocenters. The minimum Gasteiger partial charge on any atom is -0.343 e. The summed E-state index contributed by atoms with van der Waals surface area (Å²) >= 11 is 12.1. The molecule has 5 nitrogen and oxygen atoms in total. The second kappa shape index (κ2) is 9.49. The SMILES string of the molecule is CCCN(CCC)C(=O)CCN(c1cc(Cl)ccc1Cl)S(C)(=O)=O. The Kier molecular flexibility index (Phi) is 8.33. The van der Waals surface area contributed by atoms with Crippen LogP contribution in [0.3, 0.4) is 0 Å². The highest BCUT2D eigenvalue weighted by Gasteiger charge is 2.22. The lowest BCUT2D eigenvalue weighted by molar-refractivity contribution is -0.131. The van der Waals surface area contributed by atoms with E-state index in [0.29, 0.717) is 18.1 Å². The number of amides is 1. The van der Waals surface area contributed by atoms with Crippen LogP contribution in [0.5, 0.6) is 0 Å². The Bertz CT molecular complexity index is 659. The van der Waals surface area contributed by atoms with Gasteiger partial charge in [-0.2, -0.15) is 0 Å². The summed E-state index contributed by atoms with van der Waals surface area (Å²) in [6.07, 6.45) is 2.91. The van der Waals surface area contributed by atoms with Gasteiger partial charge in [0.15, 0.2) is 0 Å². The van der Waals surface area contributed by atoms with Gasteiger partial charge in [-0.15, -0.1) is 0 Å². The quantitative estimate of drug-likeness (QED) is 0.639. The Labute approximate surface area is 154 Å². The molecule has 0 fully saturated rings. The van der Waals surface area contributed by atoms with Gasteiger partial charge in [-0.3, -0.25) is 9.10 Å². The predicted molar refractivity (Wildman–Crippen MR) is 100 cm³/mol. The maximum atomic E-state index is 12.4. The van der Waals surface area contributed by atoms with Crippen molar-refractivity contribution in [3.05, 3.63) is 28.2 Å². The third-order valence-corrected chi connectivity index (χ3v) is 5.18. The normalized spacial score (nSPS) is 11.4. The molecule has 0 spiro atoms. The first kappa shape index (κ1) is 21.1. The van der Waals surface area contributed by atoms with Crippen molar-refractivity contribution >= 4 is 44.8 Å². The Morgan fingerprint density at radius 1 is 1.08 bits per heavy atom. The minimum absolute atomic E-state index is 0.0294. The van der Waals surface area contributed by atoms with Gasteiger partial charge in [-0.1, -0.05) is 37.0 Å². The standard InChI is InChI=1S/C16H24Cl2N2O3S/c1-4-9-19(10-5-2)16(21)8-11-20(24(3,22)23)15-12-13(17)6-7-14(15)18/h6-7,12H,4-5,8-11H2,1-3H3. The molecule has 0 aromatic heterocycles. The molecule has 1 aromatic carbocycles. The van der Waals surface area contributed by atoms with E-state index >= 15 is 0 Å². The van der Waals surface area contributed by atoms with E-state index in [9.17, 15) is 13.2 Å². The zero-order valence-corrected chi connectivity index (χ0v) is 16.6. The summed E-state index contributed by atoms with van der Waals surface area (Å²) in [5.41, 5.74) is 0.289. The first-order valence-electron chi connectivity index (χ1n) is 7.91. The highest BCUT2D eigenvalue weighted by atomic mass is 35.5. The number of rotatable bonds is 9. The molecule has 136 valence electrons. The summed E-state index contributed by atoms with van der Waals surface area (Å²) in [7, 11) is -3.58. The molecule has 0 atom stereocenters. The van der Waals surface area contributed by atoms with Gasteiger partial charge in [0, 0.05) is 31.1 Å². The Hall–Kier alpha value is -0.980. The number of carbonyl (C=O) groups is 1. The fourth-order valence-corrected chi connectivity index (χ4v) is 3.77. The number of nitrogens with zero attached hydrogens (tertiary/aromatic N) is 2. The molecular weight excluding hydrogens is 371 g/mol. The molecule has 24 heavy (non-hydrogen) atoms. The molecule has 0 bridgehead atoms. The Balaban J connectivity index is 2.96. The fraction of sp³-hybridized carbons (Fsp3) is 0.562. The highest BCUT2D eigenvalue weighted by molar-refractivity contribution is 7.92. The molecule has 0 aliphatic rings. The summed E-state index contributed by atoms with van der Waals surface area (Å²) in [6.45, 7) is 5.38. The van der Waals surface area contributed by atoms with Crippen LogP contribution in [0.4, 0.5) is 5.69 Å². The van der Waals surface area contributed by atoms with E-state index in [1.54, 1.807) is 17.0 Å². The summed E-state index contributed by atoms with van der Waals surface area (Å²) in [4.78, 5) is 14.1. The van der Waals surface area contributed by atoms with Crippen molar-refractivity contribution in [1.29, 1.82) is 0 Å². The minimum atomic E-state index is -3.58. The fourth-order valence-electron chi connectivity index (χ4n) is 2.40. The largest absolute Gasteiger partial charge is 0.343 e. The molecule has 8 heteroatoms. The molecule has 0 aliphatic carbocycles. The van der Waals surface area contributed by atoms with E-state index in [-0.39, 0.29) is 29.6 Å². The van der Waals surface area contributed by atoms with Gasteiger partial charge in [0.25, 0.3) is 0 Å². The Morgan fingerprint density at radius 2 is 1.67 bits per heavy atom. The molecular formula is C16H24Cl2N2O3S. The lowest BCUT2D eigenvalue weighted by Crippen LogP contribution is -2.37. The molecule has 0 heterocycles. The maximum Gasteiger partial charge on any atom is 0.232 e. The molecule has 1 rings (SSSR count). The smallest absolute Gasteiger partial charge is 0.232 e. The highest BCUT2D eigenvalue weighted by Crippen LogP contribution is 2.30. The number of halogens is 2. The van der Waals surface area contributed by atoms with Gasteiger partial charge < -0.3 is 4.90 Å². The molecule has 0 radical (unpaired) electrons. The van der Waals surface area contributed by atoms with Crippen molar-refractivity contribution in [2.24, 2.45) is 0 Å². The van der Waals surface area contributed by atoms with Crippen LogP contribution >= 0.6 is 23.2 Å². The van der Waals surface area contributed by atoms with E-state index < -0.39 is 10.0 Å². The lowest BCUT2D eigenvalue weighted by Gasteiger charge is -2.26. The summed E-state index contributed by atoms with van der Waals surface area (Å²) < 4.78 is 25.4. The second-order valence-electron chi connectivity index (χ2n) is 5.56. The number of anilines is 1. The van der Waals surface area contributed by atoms with Crippen molar-refractivity contribution in [2.45, 2.75) is 33.1 Å². The van der Waals surface area contributed by atoms with Gasteiger partial charge in [0.1, 0.15) is 0 Å². The number of sulfonamides is 1. The zero-order chi connectivity index (χ0) is 18.3. The average Bonchev–Trinajstić information content (AvgIpc) is 2.49. The van der Waals surface area contributed by atoms with Gasteiger partial charge in [0.05, 0.1) is 17.0 Å². The lowest BCUT2D eigenvalue weighted by atomic mass is 10.2. The van der Waals surface area contributed by atoms with E-state index in [0.717, 1.165) is 23.4 Å². The van der Waals surface area contributed by atoms with E-state index in [4.69, 9.17) is 23.2 Å². The summed E-state index contributed by atoms with van der Waals surface area (Å²) in [5, 5.41) is 0.657. The first-order valence-corrected chi connectivity index (χ1v) is 10.5. The van der Waals surface area contributed by atoms with Crippen LogP contribution < -0.4 is 4.31 Å². The topological polar surface area (TPSA) is 57.7 Å². The van der Waals surface area contributed by atoms with Gasteiger partial charge in [0.2, 0.25) is 15.9 Å². The monoisotopic (exact) mass is 394 g/mol. The van der Waals surface area contributed by atoms with E-state index in [1.165, 1.54) is 6.07 Å². The summed E-state index contributed by atoms with van der Waals surface area (Å²) in [5.74, 6) is -0.0644. The molecule has 0 N–H and O–H groups in total.